The fourth-order valence-corrected chi connectivity index (χ4v) is 3.86. The lowest BCUT2D eigenvalue weighted by Crippen LogP contribution is -2.31. The van der Waals surface area contributed by atoms with Crippen LogP contribution in [0.25, 0.3) is 0 Å². The number of carboxylic acid groups (broad SMARTS) is 1. The summed E-state index contributed by atoms with van der Waals surface area (Å²) >= 11 is 5.82. The molecule has 0 radical (unpaired) electrons. The number of carbonyl (C=O) groups is 1. The van der Waals surface area contributed by atoms with Gasteiger partial charge >= 0.3 is 5.97 Å². The number of halogens is 1. The van der Waals surface area contributed by atoms with Crippen LogP contribution in [0.5, 0.6) is 0 Å². The van der Waals surface area contributed by atoms with Crippen molar-refractivity contribution < 1.29 is 18.3 Å². The molecular weight excluding hydrogens is 290 g/mol. The third kappa shape index (κ3) is 3.08. The number of nitrogens with zero attached hydrogens (tertiary/aromatic N) is 1. The standard InChI is InChI=1S/C12H16ClNO4S/c1-4-14(5-2)19(17,18)11-7-9(13)6-10(8(11)3)12(15)16/h6-7H,4-5H2,1-3H3,(H,15,16). The van der Waals surface area contributed by atoms with Gasteiger partial charge in [-0.1, -0.05) is 25.4 Å². The zero-order valence-corrected chi connectivity index (χ0v) is 12.5. The summed E-state index contributed by atoms with van der Waals surface area (Å²) in [6, 6.07) is 2.54. The van der Waals surface area contributed by atoms with Gasteiger partial charge in [0.25, 0.3) is 0 Å². The Kier molecular flexibility index (Phi) is 4.95. The molecule has 5 nitrogen and oxygen atoms in total. The fourth-order valence-electron chi connectivity index (χ4n) is 1.85. The first kappa shape index (κ1) is 15.9. The Labute approximate surface area is 117 Å². The maximum absolute atomic E-state index is 12.4. The first-order chi connectivity index (χ1) is 8.75. The van der Waals surface area contributed by atoms with Gasteiger partial charge < -0.3 is 5.11 Å². The van der Waals surface area contributed by atoms with Crippen molar-refractivity contribution in [1.82, 2.24) is 4.31 Å². The summed E-state index contributed by atoms with van der Waals surface area (Å²) in [5.41, 5.74) is 0.0991. The van der Waals surface area contributed by atoms with Crippen molar-refractivity contribution in [1.29, 1.82) is 0 Å². The molecule has 0 spiro atoms. The second-order valence-corrected chi connectivity index (χ2v) is 6.31. The second kappa shape index (κ2) is 5.90. The molecule has 0 aliphatic heterocycles. The number of aromatic carboxylic acids is 1. The Morgan fingerprint density at radius 2 is 1.84 bits per heavy atom. The smallest absolute Gasteiger partial charge is 0.336 e. The molecule has 0 amide bonds. The van der Waals surface area contributed by atoms with E-state index in [-0.39, 0.29) is 21.0 Å². The molecule has 1 aromatic carbocycles. The molecule has 7 heteroatoms. The van der Waals surface area contributed by atoms with Crippen molar-refractivity contribution in [3.05, 3.63) is 28.3 Å². The summed E-state index contributed by atoms with van der Waals surface area (Å²) in [6.07, 6.45) is 0. The van der Waals surface area contributed by atoms with Crippen LogP contribution < -0.4 is 0 Å². The molecule has 0 atom stereocenters. The van der Waals surface area contributed by atoms with Crippen LogP contribution in [0.2, 0.25) is 5.02 Å². The van der Waals surface area contributed by atoms with Gasteiger partial charge in [0.15, 0.2) is 0 Å². The lowest BCUT2D eigenvalue weighted by molar-refractivity contribution is 0.0696. The zero-order valence-electron chi connectivity index (χ0n) is 11.0. The van der Waals surface area contributed by atoms with Crippen LogP contribution in [0.1, 0.15) is 29.8 Å². The number of carboxylic acids is 1. The highest BCUT2D eigenvalue weighted by atomic mass is 35.5. The van der Waals surface area contributed by atoms with Crippen LogP contribution in [0, 0.1) is 6.92 Å². The molecule has 0 saturated heterocycles. The highest BCUT2D eigenvalue weighted by Crippen LogP contribution is 2.27. The van der Waals surface area contributed by atoms with E-state index in [1.165, 1.54) is 23.4 Å². The molecule has 0 fully saturated rings. The average Bonchev–Trinajstić information content (AvgIpc) is 2.32. The van der Waals surface area contributed by atoms with Crippen LogP contribution in [0.3, 0.4) is 0 Å². The first-order valence-electron chi connectivity index (χ1n) is 5.79. The van der Waals surface area contributed by atoms with Gasteiger partial charge in [-0.2, -0.15) is 4.31 Å². The molecule has 1 N–H and O–H groups in total. The van der Waals surface area contributed by atoms with E-state index in [4.69, 9.17) is 16.7 Å². The molecule has 1 rings (SSSR count). The van der Waals surface area contributed by atoms with Gasteiger partial charge in [-0.3, -0.25) is 0 Å². The van der Waals surface area contributed by atoms with E-state index in [9.17, 15) is 13.2 Å². The number of benzene rings is 1. The van der Waals surface area contributed by atoms with Gasteiger partial charge in [-0.05, 0) is 24.6 Å². The Bertz CT molecular complexity index is 594. The number of hydrogen-bond acceptors (Lipinski definition) is 3. The maximum atomic E-state index is 12.4. The normalized spacial score (nSPS) is 11.8. The minimum Gasteiger partial charge on any atom is -0.478 e. The van der Waals surface area contributed by atoms with E-state index < -0.39 is 16.0 Å². The van der Waals surface area contributed by atoms with Gasteiger partial charge in [-0.25, -0.2) is 13.2 Å². The molecule has 0 unspecified atom stereocenters. The SMILES string of the molecule is CCN(CC)S(=O)(=O)c1cc(Cl)cc(C(=O)O)c1C. The van der Waals surface area contributed by atoms with E-state index >= 15 is 0 Å². The number of hydrogen-bond donors (Lipinski definition) is 1. The van der Waals surface area contributed by atoms with E-state index in [1.807, 2.05) is 0 Å². The molecule has 0 bridgehead atoms. The molecule has 19 heavy (non-hydrogen) atoms. The van der Waals surface area contributed by atoms with Gasteiger partial charge in [0, 0.05) is 18.1 Å². The highest BCUT2D eigenvalue weighted by Gasteiger charge is 2.26. The third-order valence-electron chi connectivity index (χ3n) is 2.88. The predicted octanol–water partition coefficient (Wildman–Crippen LogP) is 2.38. The summed E-state index contributed by atoms with van der Waals surface area (Å²) in [7, 11) is -3.72. The third-order valence-corrected chi connectivity index (χ3v) is 5.27. The summed E-state index contributed by atoms with van der Waals surface area (Å²) in [5.74, 6) is -1.20. The summed E-state index contributed by atoms with van der Waals surface area (Å²) in [4.78, 5) is 11.0. The Morgan fingerprint density at radius 3 is 2.26 bits per heavy atom. The molecule has 0 aromatic heterocycles. The van der Waals surface area contributed by atoms with E-state index in [0.717, 1.165) is 0 Å². The largest absolute Gasteiger partial charge is 0.478 e. The van der Waals surface area contributed by atoms with Crippen molar-refractivity contribution in [3.63, 3.8) is 0 Å². The van der Waals surface area contributed by atoms with Gasteiger partial charge in [0.1, 0.15) is 0 Å². The molecule has 106 valence electrons. The first-order valence-corrected chi connectivity index (χ1v) is 7.61. The van der Waals surface area contributed by atoms with Crippen molar-refractivity contribution >= 4 is 27.6 Å². The van der Waals surface area contributed by atoms with Gasteiger partial charge in [-0.15, -0.1) is 0 Å². The minimum atomic E-state index is -3.72. The quantitative estimate of drug-likeness (QED) is 0.906. The molecule has 0 aliphatic rings. The van der Waals surface area contributed by atoms with Crippen molar-refractivity contribution in [2.24, 2.45) is 0 Å². The molecule has 0 saturated carbocycles. The van der Waals surface area contributed by atoms with Gasteiger partial charge in [0.05, 0.1) is 10.5 Å². The second-order valence-electron chi connectivity index (χ2n) is 3.97. The lowest BCUT2D eigenvalue weighted by atomic mass is 10.1. The Balaban J connectivity index is 3.55. The summed E-state index contributed by atoms with van der Waals surface area (Å²) in [5, 5.41) is 9.16. The highest BCUT2D eigenvalue weighted by molar-refractivity contribution is 7.89. The van der Waals surface area contributed by atoms with Crippen molar-refractivity contribution in [2.45, 2.75) is 25.7 Å². The van der Waals surface area contributed by atoms with E-state index in [0.29, 0.717) is 13.1 Å². The average molecular weight is 306 g/mol. The number of sulfonamides is 1. The van der Waals surface area contributed by atoms with E-state index in [1.54, 1.807) is 13.8 Å². The summed E-state index contributed by atoms with van der Waals surface area (Å²) in [6.45, 7) is 5.54. The molecule has 0 heterocycles. The fraction of sp³-hybridized carbons (Fsp3) is 0.417. The molecule has 0 aliphatic carbocycles. The zero-order chi connectivity index (χ0) is 14.8. The minimum absolute atomic E-state index is 0.0545. The predicted molar refractivity (Wildman–Crippen MR) is 73.3 cm³/mol. The van der Waals surface area contributed by atoms with Crippen molar-refractivity contribution in [2.75, 3.05) is 13.1 Å². The number of rotatable bonds is 5. The van der Waals surface area contributed by atoms with Crippen LogP contribution in [0.4, 0.5) is 0 Å². The van der Waals surface area contributed by atoms with Crippen LogP contribution in [0.15, 0.2) is 17.0 Å². The van der Waals surface area contributed by atoms with Crippen LogP contribution in [-0.4, -0.2) is 36.9 Å². The molecule has 1 aromatic rings. The maximum Gasteiger partial charge on any atom is 0.336 e. The topological polar surface area (TPSA) is 74.7 Å². The Hall–Kier alpha value is -1.11. The monoisotopic (exact) mass is 305 g/mol. The lowest BCUT2D eigenvalue weighted by Gasteiger charge is -2.20. The Morgan fingerprint density at radius 1 is 1.32 bits per heavy atom. The van der Waals surface area contributed by atoms with Crippen LogP contribution in [-0.2, 0) is 10.0 Å². The summed E-state index contributed by atoms with van der Waals surface area (Å²) < 4.78 is 26.1. The molecular formula is C12H16ClNO4S. The van der Waals surface area contributed by atoms with Gasteiger partial charge in [0.2, 0.25) is 10.0 Å². The van der Waals surface area contributed by atoms with E-state index in [2.05, 4.69) is 0 Å². The van der Waals surface area contributed by atoms with Crippen molar-refractivity contribution in [3.8, 4) is 0 Å². The van der Waals surface area contributed by atoms with Crippen LogP contribution >= 0.6 is 11.6 Å².